The number of anilines is 1. The summed E-state index contributed by atoms with van der Waals surface area (Å²) in [6, 6.07) is 15.4. The molecular weight excluding hydrogens is 411 g/mol. The fourth-order valence-electron chi connectivity index (χ4n) is 3.63. The molecule has 2 aromatic carbocycles. The minimum absolute atomic E-state index is 0.0492. The average molecular weight is 436 g/mol. The van der Waals surface area contributed by atoms with Crippen molar-refractivity contribution >= 4 is 11.9 Å². The van der Waals surface area contributed by atoms with Gasteiger partial charge in [-0.2, -0.15) is 0 Å². The standard InChI is InChI=1S/C24H25FN4O3/c1-16(2)28-12-13-29-23(31)21(32-15-18-6-4-3-5-7-18)20(27-24(28)29)22(30)26-14-17-8-10-19(25)11-9-17/h3-11,16H,12-15H2,1-2H3,(H,26,30). The van der Waals surface area contributed by atoms with Crippen LogP contribution in [0.2, 0.25) is 0 Å². The molecule has 1 aromatic heterocycles. The molecule has 0 saturated heterocycles. The molecule has 166 valence electrons. The minimum Gasteiger partial charge on any atom is -0.481 e. The van der Waals surface area contributed by atoms with Crippen LogP contribution in [-0.4, -0.2) is 28.0 Å². The highest BCUT2D eigenvalue weighted by Gasteiger charge is 2.30. The van der Waals surface area contributed by atoms with E-state index in [1.54, 1.807) is 16.7 Å². The van der Waals surface area contributed by atoms with Crippen molar-refractivity contribution in [2.45, 2.75) is 39.6 Å². The summed E-state index contributed by atoms with van der Waals surface area (Å²) in [6.45, 7) is 5.46. The van der Waals surface area contributed by atoms with Crippen LogP contribution >= 0.6 is 0 Å². The van der Waals surface area contributed by atoms with Gasteiger partial charge in [0, 0.05) is 25.7 Å². The van der Waals surface area contributed by atoms with Crippen molar-refractivity contribution in [3.8, 4) is 5.75 Å². The Morgan fingerprint density at radius 2 is 1.81 bits per heavy atom. The molecule has 0 atom stereocenters. The summed E-state index contributed by atoms with van der Waals surface area (Å²) in [6.07, 6.45) is 0. The van der Waals surface area contributed by atoms with Crippen molar-refractivity contribution in [3.63, 3.8) is 0 Å². The predicted molar refractivity (Wildman–Crippen MR) is 119 cm³/mol. The largest absolute Gasteiger partial charge is 0.481 e. The summed E-state index contributed by atoms with van der Waals surface area (Å²) < 4.78 is 20.5. The molecule has 0 fully saturated rings. The summed E-state index contributed by atoms with van der Waals surface area (Å²) in [5.74, 6) is -0.476. The van der Waals surface area contributed by atoms with Gasteiger partial charge in [-0.3, -0.25) is 14.2 Å². The molecular formula is C24H25FN4O3. The van der Waals surface area contributed by atoms with Crippen LogP contribution in [0.25, 0.3) is 0 Å². The first-order valence-electron chi connectivity index (χ1n) is 10.5. The summed E-state index contributed by atoms with van der Waals surface area (Å²) in [4.78, 5) is 32.8. The number of aromatic nitrogens is 2. The molecule has 0 saturated carbocycles. The molecule has 1 N–H and O–H groups in total. The third-order valence-electron chi connectivity index (χ3n) is 5.36. The Kier molecular flexibility index (Phi) is 6.20. The number of carbonyl (C=O) groups excluding carboxylic acids is 1. The third-order valence-corrected chi connectivity index (χ3v) is 5.36. The predicted octanol–water partition coefficient (Wildman–Crippen LogP) is 3.12. The maximum atomic E-state index is 13.2. The van der Waals surface area contributed by atoms with Crippen molar-refractivity contribution in [1.82, 2.24) is 14.9 Å². The second-order valence-electron chi connectivity index (χ2n) is 7.92. The summed E-state index contributed by atoms with van der Waals surface area (Å²) in [5.41, 5.74) is 1.18. The van der Waals surface area contributed by atoms with E-state index in [1.165, 1.54) is 12.1 Å². The van der Waals surface area contributed by atoms with Gasteiger partial charge in [0.15, 0.2) is 5.69 Å². The Morgan fingerprint density at radius 3 is 2.50 bits per heavy atom. The van der Waals surface area contributed by atoms with E-state index in [2.05, 4.69) is 10.3 Å². The molecule has 7 nitrogen and oxygen atoms in total. The van der Waals surface area contributed by atoms with Crippen LogP contribution in [0.1, 0.15) is 35.5 Å². The first-order chi connectivity index (χ1) is 15.4. The van der Waals surface area contributed by atoms with E-state index >= 15 is 0 Å². The van der Waals surface area contributed by atoms with Crippen molar-refractivity contribution in [2.24, 2.45) is 0 Å². The lowest BCUT2D eigenvalue weighted by atomic mass is 10.2. The maximum absolute atomic E-state index is 13.2. The van der Waals surface area contributed by atoms with Gasteiger partial charge in [-0.05, 0) is 37.1 Å². The van der Waals surface area contributed by atoms with Gasteiger partial charge in [-0.25, -0.2) is 9.37 Å². The number of rotatable bonds is 7. The number of fused-ring (bicyclic) bond motifs is 1. The zero-order valence-electron chi connectivity index (χ0n) is 18.0. The van der Waals surface area contributed by atoms with Crippen molar-refractivity contribution in [3.05, 3.63) is 87.6 Å². The molecule has 0 bridgehead atoms. The Labute approximate surface area is 185 Å². The number of nitrogens with one attached hydrogen (secondary N) is 1. The number of benzene rings is 2. The van der Waals surface area contributed by atoms with Crippen LogP contribution in [0.4, 0.5) is 10.3 Å². The number of amides is 1. The Balaban J connectivity index is 1.65. The van der Waals surface area contributed by atoms with Crippen LogP contribution in [-0.2, 0) is 19.7 Å². The van der Waals surface area contributed by atoms with Gasteiger partial charge in [0.25, 0.3) is 11.5 Å². The molecule has 1 amide bonds. The molecule has 0 unspecified atom stereocenters. The van der Waals surface area contributed by atoms with E-state index in [9.17, 15) is 14.0 Å². The third kappa shape index (κ3) is 4.49. The second kappa shape index (κ2) is 9.21. The summed E-state index contributed by atoms with van der Waals surface area (Å²) >= 11 is 0. The highest BCUT2D eigenvalue weighted by molar-refractivity contribution is 5.95. The monoisotopic (exact) mass is 436 g/mol. The van der Waals surface area contributed by atoms with E-state index in [0.717, 1.165) is 11.1 Å². The highest BCUT2D eigenvalue weighted by atomic mass is 19.1. The molecule has 0 aliphatic carbocycles. The zero-order valence-corrected chi connectivity index (χ0v) is 18.0. The van der Waals surface area contributed by atoms with E-state index in [-0.39, 0.29) is 42.0 Å². The molecule has 32 heavy (non-hydrogen) atoms. The highest BCUT2D eigenvalue weighted by Crippen LogP contribution is 2.24. The normalized spacial score (nSPS) is 12.7. The number of hydrogen-bond acceptors (Lipinski definition) is 5. The molecule has 0 radical (unpaired) electrons. The fourth-order valence-corrected chi connectivity index (χ4v) is 3.63. The van der Waals surface area contributed by atoms with Crippen LogP contribution in [0, 0.1) is 5.82 Å². The molecule has 3 aromatic rings. The van der Waals surface area contributed by atoms with Gasteiger partial charge < -0.3 is 15.0 Å². The Bertz CT molecular complexity index is 1160. The SMILES string of the molecule is CC(C)N1CCn2c1nc(C(=O)NCc1ccc(F)cc1)c(OCc1ccccc1)c2=O. The number of carbonyl (C=O) groups is 1. The topological polar surface area (TPSA) is 76.5 Å². The summed E-state index contributed by atoms with van der Waals surface area (Å²) in [5, 5.41) is 2.77. The maximum Gasteiger partial charge on any atom is 0.298 e. The second-order valence-corrected chi connectivity index (χ2v) is 7.92. The van der Waals surface area contributed by atoms with Crippen molar-refractivity contribution in [1.29, 1.82) is 0 Å². The first kappa shape index (κ1) is 21.5. The molecule has 1 aliphatic heterocycles. The minimum atomic E-state index is -0.520. The number of halogens is 1. The first-order valence-corrected chi connectivity index (χ1v) is 10.5. The van der Waals surface area contributed by atoms with Crippen molar-refractivity contribution < 1.29 is 13.9 Å². The smallest absolute Gasteiger partial charge is 0.298 e. The van der Waals surface area contributed by atoms with Crippen LogP contribution < -0.4 is 20.5 Å². The molecule has 8 heteroatoms. The Morgan fingerprint density at radius 1 is 1.09 bits per heavy atom. The molecule has 0 spiro atoms. The Hall–Kier alpha value is -3.68. The van der Waals surface area contributed by atoms with Gasteiger partial charge >= 0.3 is 0 Å². The van der Waals surface area contributed by atoms with E-state index in [1.807, 2.05) is 49.1 Å². The fraction of sp³-hybridized carbons (Fsp3) is 0.292. The van der Waals surface area contributed by atoms with Crippen molar-refractivity contribution in [2.75, 3.05) is 11.4 Å². The number of hydrogen-bond donors (Lipinski definition) is 1. The van der Waals surface area contributed by atoms with Gasteiger partial charge in [0.05, 0.1) is 0 Å². The molecule has 2 heterocycles. The molecule has 4 rings (SSSR count). The summed E-state index contributed by atoms with van der Waals surface area (Å²) in [7, 11) is 0. The van der Waals surface area contributed by atoms with Gasteiger partial charge in [-0.1, -0.05) is 42.5 Å². The van der Waals surface area contributed by atoms with Gasteiger partial charge in [-0.15, -0.1) is 0 Å². The van der Waals surface area contributed by atoms with Crippen LogP contribution in [0.5, 0.6) is 5.75 Å². The van der Waals surface area contributed by atoms with Gasteiger partial charge in [0.1, 0.15) is 12.4 Å². The van der Waals surface area contributed by atoms with Gasteiger partial charge in [0.2, 0.25) is 11.7 Å². The van der Waals surface area contributed by atoms with Crippen LogP contribution in [0.3, 0.4) is 0 Å². The average Bonchev–Trinajstić information content (AvgIpc) is 3.23. The van der Waals surface area contributed by atoms with E-state index in [4.69, 9.17) is 4.74 Å². The zero-order chi connectivity index (χ0) is 22.7. The number of ether oxygens (including phenoxy) is 1. The van der Waals surface area contributed by atoms with E-state index < -0.39 is 5.91 Å². The molecule has 1 aliphatic rings. The van der Waals surface area contributed by atoms with Crippen LogP contribution in [0.15, 0.2) is 59.4 Å². The lowest BCUT2D eigenvalue weighted by Gasteiger charge is -2.22. The number of nitrogens with zero attached hydrogens (tertiary/aromatic N) is 3. The lowest BCUT2D eigenvalue weighted by molar-refractivity contribution is 0.0940. The quantitative estimate of drug-likeness (QED) is 0.616. The van der Waals surface area contributed by atoms with E-state index in [0.29, 0.717) is 19.0 Å². The lowest BCUT2D eigenvalue weighted by Crippen LogP contribution is -2.33.